The van der Waals surface area contributed by atoms with Gasteiger partial charge in [0.05, 0.1) is 30.1 Å². The molecular weight excluding hydrogens is 268 g/mol. The van der Waals surface area contributed by atoms with Crippen LogP contribution in [0.15, 0.2) is 30.5 Å². The predicted molar refractivity (Wildman–Crippen MR) is 82.2 cm³/mol. The summed E-state index contributed by atoms with van der Waals surface area (Å²) in [4.78, 5) is 18.3. The van der Waals surface area contributed by atoms with Crippen LogP contribution in [0.25, 0.3) is 10.9 Å². The minimum atomic E-state index is -0.361. The lowest BCUT2D eigenvalue weighted by Gasteiger charge is -2.36. The van der Waals surface area contributed by atoms with Crippen molar-refractivity contribution in [3.8, 4) is 0 Å². The summed E-state index contributed by atoms with van der Waals surface area (Å²) in [6.45, 7) is 1.58. The number of benzene rings is 1. The molecule has 1 aromatic carbocycles. The lowest BCUT2D eigenvalue weighted by atomic mass is 10.1. The summed E-state index contributed by atoms with van der Waals surface area (Å²) in [6, 6.07) is 7.29. The molecule has 6 nitrogen and oxygen atoms in total. The second-order valence-electron chi connectivity index (χ2n) is 4.97. The fraction of sp³-hybridized carbons (Fsp3) is 0.333. The Morgan fingerprint density at radius 1 is 1.48 bits per heavy atom. The van der Waals surface area contributed by atoms with E-state index in [0.29, 0.717) is 25.4 Å². The number of anilines is 2. The molecule has 0 radical (unpaired) electrons. The van der Waals surface area contributed by atoms with Crippen LogP contribution in [-0.4, -0.2) is 43.7 Å². The zero-order valence-electron chi connectivity index (χ0n) is 11.9. The number of nitrogens with two attached hydrogens (primary N) is 1. The number of pyridine rings is 1. The predicted octanol–water partition coefficient (Wildman–Crippen LogP) is 0.768. The lowest BCUT2D eigenvalue weighted by molar-refractivity contribution is -0.124. The molecule has 21 heavy (non-hydrogen) atoms. The van der Waals surface area contributed by atoms with E-state index in [4.69, 9.17) is 10.5 Å². The minimum Gasteiger partial charge on any atom is -0.396 e. The van der Waals surface area contributed by atoms with E-state index in [0.717, 1.165) is 16.6 Å². The third-order valence-corrected chi connectivity index (χ3v) is 3.79. The lowest BCUT2D eigenvalue weighted by Crippen LogP contribution is -2.53. The second-order valence-corrected chi connectivity index (χ2v) is 4.97. The fourth-order valence-electron chi connectivity index (χ4n) is 2.69. The Morgan fingerprint density at radius 2 is 2.33 bits per heavy atom. The molecule has 0 bridgehead atoms. The Bertz CT molecular complexity index is 674. The van der Waals surface area contributed by atoms with Crippen molar-refractivity contribution in [2.75, 3.05) is 37.4 Å². The van der Waals surface area contributed by atoms with Gasteiger partial charge in [-0.05, 0) is 24.3 Å². The van der Waals surface area contributed by atoms with Gasteiger partial charge in [-0.2, -0.15) is 0 Å². The van der Waals surface area contributed by atoms with Crippen LogP contribution in [-0.2, 0) is 9.53 Å². The number of nitrogens with one attached hydrogen (secondary N) is 1. The van der Waals surface area contributed by atoms with Crippen LogP contribution in [0.4, 0.5) is 11.4 Å². The van der Waals surface area contributed by atoms with Crippen LogP contribution >= 0.6 is 0 Å². The number of amides is 1. The summed E-state index contributed by atoms with van der Waals surface area (Å²) in [5.41, 5.74) is 8.65. The molecule has 1 fully saturated rings. The van der Waals surface area contributed by atoms with E-state index >= 15 is 0 Å². The SMILES string of the molecule is CNC(=O)C1COCCN1c1ccc2ncccc2c1N. The molecule has 1 saturated heterocycles. The van der Waals surface area contributed by atoms with Gasteiger partial charge in [0.25, 0.3) is 0 Å². The van der Waals surface area contributed by atoms with E-state index in [1.54, 1.807) is 13.2 Å². The van der Waals surface area contributed by atoms with Crippen LogP contribution in [0.2, 0.25) is 0 Å². The molecular formula is C15H18N4O2. The van der Waals surface area contributed by atoms with E-state index < -0.39 is 0 Å². The molecule has 1 amide bonds. The van der Waals surface area contributed by atoms with Gasteiger partial charge < -0.3 is 20.7 Å². The van der Waals surface area contributed by atoms with Gasteiger partial charge in [0.15, 0.2) is 0 Å². The molecule has 110 valence electrons. The molecule has 1 aliphatic rings. The van der Waals surface area contributed by atoms with Crippen molar-refractivity contribution in [3.05, 3.63) is 30.5 Å². The number of hydrogen-bond acceptors (Lipinski definition) is 5. The highest BCUT2D eigenvalue weighted by atomic mass is 16.5. The summed E-state index contributed by atoms with van der Waals surface area (Å²) < 4.78 is 5.43. The Morgan fingerprint density at radius 3 is 3.14 bits per heavy atom. The maximum absolute atomic E-state index is 12.0. The Balaban J connectivity index is 2.05. The molecule has 1 atom stereocenters. The van der Waals surface area contributed by atoms with E-state index in [9.17, 15) is 4.79 Å². The van der Waals surface area contributed by atoms with Gasteiger partial charge in [-0.25, -0.2) is 0 Å². The highest BCUT2D eigenvalue weighted by molar-refractivity contribution is 5.98. The average Bonchev–Trinajstić information content (AvgIpc) is 2.55. The van der Waals surface area contributed by atoms with Crippen LogP contribution in [0.3, 0.4) is 0 Å². The Labute approximate surface area is 122 Å². The second kappa shape index (κ2) is 5.57. The molecule has 3 N–H and O–H groups in total. The first-order valence-corrected chi connectivity index (χ1v) is 6.91. The van der Waals surface area contributed by atoms with Crippen molar-refractivity contribution >= 4 is 28.2 Å². The summed E-state index contributed by atoms with van der Waals surface area (Å²) >= 11 is 0. The third-order valence-electron chi connectivity index (χ3n) is 3.79. The number of hydrogen-bond donors (Lipinski definition) is 2. The van der Waals surface area contributed by atoms with Crippen LogP contribution in [0, 0.1) is 0 Å². The van der Waals surface area contributed by atoms with Crippen molar-refractivity contribution in [2.45, 2.75) is 6.04 Å². The van der Waals surface area contributed by atoms with E-state index in [1.807, 2.05) is 29.2 Å². The summed E-state index contributed by atoms with van der Waals surface area (Å²) in [6.07, 6.45) is 1.74. The summed E-state index contributed by atoms with van der Waals surface area (Å²) in [7, 11) is 1.63. The van der Waals surface area contributed by atoms with Crippen LogP contribution in [0.5, 0.6) is 0 Å². The minimum absolute atomic E-state index is 0.0691. The highest BCUT2D eigenvalue weighted by Gasteiger charge is 2.30. The number of carbonyl (C=O) groups excluding carboxylic acids is 1. The molecule has 0 spiro atoms. The summed E-state index contributed by atoms with van der Waals surface area (Å²) in [5.74, 6) is -0.0691. The topological polar surface area (TPSA) is 80.5 Å². The number of likely N-dealkylation sites (N-methyl/N-ethyl adjacent to an activating group) is 1. The van der Waals surface area contributed by atoms with Crippen molar-refractivity contribution in [3.63, 3.8) is 0 Å². The molecule has 1 unspecified atom stereocenters. The summed E-state index contributed by atoms with van der Waals surface area (Å²) in [5, 5.41) is 3.58. The first-order chi connectivity index (χ1) is 10.2. The fourth-order valence-corrected chi connectivity index (χ4v) is 2.69. The quantitative estimate of drug-likeness (QED) is 0.797. The molecule has 6 heteroatoms. The van der Waals surface area contributed by atoms with Gasteiger partial charge in [-0.15, -0.1) is 0 Å². The normalized spacial score (nSPS) is 18.7. The highest BCUT2D eigenvalue weighted by Crippen LogP contribution is 2.32. The van der Waals surface area contributed by atoms with E-state index in [2.05, 4.69) is 10.3 Å². The van der Waals surface area contributed by atoms with Gasteiger partial charge >= 0.3 is 0 Å². The number of ether oxygens (including phenoxy) is 1. The smallest absolute Gasteiger partial charge is 0.244 e. The number of nitrogen functional groups attached to an aromatic ring is 1. The largest absolute Gasteiger partial charge is 0.396 e. The standard InChI is InChI=1S/C15H18N4O2/c1-17-15(20)13-9-21-8-7-19(13)12-5-4-11-10(14(12)16)3-2-6-18-11/h2-6,13H,7-9,16H2,1H3,(H,17,20). The van der Waals surface area contributed by atoms with Gasteiger partial charge in [0.1, 0.15) is 6.04 Å². The Hall–Kier alpha value is -2.34. The maximum Gasteiger partial charge on any atom is 0.244 e. The molecule has 3 rings (SSSR count). The molecule has 0 saturated carbocycles. The molecule has 0 aliphatic carbocycles. The molecule has 2 heterocycles. The van der Waals surface area contributed by atoms with Crippen LogP contribution < -0.4 is 16.0 Å². The zero-order chi connectivity index (χ0) is 14.8. The van der Waals surface area contributed by atoms with E-state index in [1.165, 1.54) is 0 Å². The van der Waals surface area contributed by atoms with Gasteiger partial charge in [0, 0.05) is 25.2 Å². The van der Waals surface area contributed by atoms with Crippen molar-refractivity contribution in [2.24, 2.45) is 0 Å². The van der Waals surface area contributed by atoms with Crippen molar-refractivity contribution in [1.82, 2.24) is 10.3 Å². The maximum atomic E-state index is 12.0. The number of fused-ring (bicyclic) bond motifs is 1. The number of nitrogens with zero attached hydrogens (tertiary/aromatic N) is 2. The van der Waals surface area contributed by atoms with Crippen LogP contribution in [0.1, 0.15) is 0 Å². The van der Waals surface area contributed by atoms with Crippen molar-refractivity contribution in [1.29, 1.82) is 0 Å². The van der Waals surface area contributed by atoms with E-state index in [-0.39, 0.29) is 11.9 Å². The Kier molecular flexibility index (Phi) is 3.62. The first-order valence-electron chi connectivity index (χ1n) is 6.91. The number of rotatable bonds is 2. The molecule has 1 aromatic heterocycles. The first kappa shape index (κ1) is 13.6. The molecule has 1 aliphatic heterocycles. The van der Waals surface area contributed by atoms with Gasteiger partial charge in [-0.1, -0.05) is 0 Å². The average molecular weight is 286 g/mol. The number of morpholine rings is 1. The zero-order valence-corrected chi connectivity index (χ0v) is 11.9. The van der Waals surface area contributed by atoms with Gasteiger partial charge in [-0.3, -0.25) is 9.78 Å². The number of aromatic nitrogens is 1. The van der Waals surface area contributed by atoms with Gasteiger partial charge in [0.2, 0.25) is 5.91 Å². The monoisotopic (exact) mass is 286 g/mol. The van der Waals surface area contributed by atoms with Crippen molar-refractivity contribution < 1.29 is 9.53 Å². The molecule has 2 aromatic rings. The third kappa shape index (κ3) is 2.38. The number of carbonyl (C=O) groups is 1.